The van der Waals surface area contributed by atoms with Crippen molar-refractivity contribution in [3.63, 3.8) is 0 Å². The fourth-order valence-corrected chi connectivity index (χ4v) is 4.59. The van der Waals surface area contributed by atoms with E-state index in [9.17, 15) is 13.2 Å². The number of hydrogen-bond donors (Lipinski definition) is 0. The Morgan fingerprint density at radius 3 is 2.68 bits per heavy atom. The lowest BCUT2D eigenvalue weighted by atomic mass is 10.0. The Morgan fingerprint density at radius 1 is 1.25 bits per heavy atom. The minimum atomic E-state index is -3.86. The molecule has 2 aromatic carbocycles. The number of terminal acetylenes is 1. The normalized spacial score (nSPS) is 13.7. The van der Waals surface area contributed by atoms with Gasteiger partial charge < -0.3 is 9.64 Å². The summed E-state index contributed by atoms with van der Waals surface area (Å²) in [6.45, 7) is 0.0482. The van der Waals surface area contributed by atoms with E-state index in [1.165, 1.54) is 12.1 Å². The molecule has 0 radical (unpaired) electrons. The first kappa shape index (κ1) is 19.9. The molecule has 0 saturated carbocycles. The van der Waals surface area contributed by atoms with E-state index in [1.54, 1.807) is 36.3 Å². The molecule has 0 bridgehead atoms. The van der Waals surface area contributed by atoms with Crippen LogP contribution in [0.5, 0.6) is 5.75 Å². The molecule has 0 aromatic heterocycles. The van der Waals surface area contributed by atoms with E-state index in [4.69, 9.17) is 11.2 Å². The lowest BCUT2D eigenvalue weighted by Crippen LogP contribution is -2.44. The largest absolute Gasteiger partial charge is 0.497 e. The maximum Gasteiger partial charge on any atom is 0.244 e. The van der Waals surface area contributed by atoms with Crippen molar-refractivity contribution in [3.05, 3.63) is 54.1 Å². The molecule has 1 aliphatic heterocycles. The SMILES string of the molecule is C#CCN(CC(=O)N1CCCc2cc(OC)ccc21)S(=O)(=O)c1ccccc1. The standard InChI is InChI=1S/C21H22N2O4S/c1-3-13-22(28(25,26)19-9-5-4-6-10-19)16-21(24)23-14-7-8-17-15-18(27-2)11-12-20(17)23/h1,4-6,9-12,15H,7-8,13-14,16H2,2H3. The van der Waals surface area contributed by atoms with Crippen molar-refractivity contribution in [1.82, 2.24) is 4.31 Å². The first-order valence-corrected chi connectivity index (χ1v) is 10.4. The fourth-order valence-electron chi connectivity index (χ4n) is 3.26. The monoisotopic (exact) mass is 398 g/mol. The zero-order chi connectivity index (χ0) is 20.1. The first-order chi connectivity index (χ1) is 13.5. The number of rotatable bonds is 6. The zero-order valence-electron chi connectivity index (χ0n) is 15.7. The van der Waals surface area contributed by atoms with Gasteiger partial charge in [-0.2, -0.15) is 4.31 Å². The van der Waals surface area contributed by atoms with Crippen LogP contribution < -0.4 is 9.64 Å². The molecular weight excluding hydrogens is 376 g/mol. The van der Waals surface area contributed by atoms with Crippen molar-refractivity contribution in [3.8, 4) is 18.1 Å². The Labute approximate surface area is 165 Å². The lowest BCUT2D eigenvalue weighted by molar-refractivity contribution is -0.118. The Balaban J connectivity index is 1.86. The van der Waals surface area contributed by atoms with Crippen molar-refractivity contribution in [2.45, 2.75) is 17.7 Å². The average molecular weight is 398 g/mol. The van der Waals surface area contributed by atoms with Gasteiger partial charge in [0, 0.05) is 12.2 Å². The summed E-state index contributed by atoms with van der Waals surface area (Å²) in [5.74, 6) is 2.77. The predicted octanol–water partition coefficient (Wildman–Crippen LogP) is 2.30. The van der Waals surface area contributed by atoms with Crippen molar-refractivity contribution in [1.29, 1.82) is 0 Å². The maximum atomic E-state index is 13.0. The molecule has 0 atom stereocenters. The minimum Gasteiger partial charge on any atom is -0.497 e. The molecule has 1 heterocycles. The third-order valence-corrected chi connectivity index (χ3v) is 6.47. The Morgan fingerprint density at radius 2 is 2.00 bits per heavy atom. The molecule has 0 spiro atoms. The Hall–Kier alpha value is -2.82. The molecule has 0 N–H and O–H groups in total. The molecule has 0 fully saturated rings. The van der Waals surface area contributed by atoms with Crippen LogP contribution in [-0.2, 0) is 21.2 Å². The molecule has 1 amide bonds. The smallest absolute Gasteiger partial charge is 0.244 e. The molecule has 3 rings (SSSR count). The number of carbonyl (C=O) groups is 1. The topological polar surface area (TPSA) is 66.9 Å². The number of hydrogen-bond acceptors (Lipinski definition) is 4. The van der Waals surface area contributed by atoms with Gasteiger partial charge in [-0.1, -0.05) is 24.1 Å². The Kier molecular flexibility index (Phi) is 6.02. The molecule has 0 unspecified atom stereocenters. The summed E-state index contributed by atoms with van der Waals surface area (Å²) in [6.07, 6.45) is 7.01. The molecule has 1 aliphatic rings. The number of fused-ring (bicyclic) bond motifs is 1. The van der Waals surface area contributed by atoms with Crippen LogP contribution in [0.3, 0.4) is 0 Å². The van der Waals surface area contributed by atoms with E-state index < -0.39 is 10.0 Å². The summed E-state index contributed by atoms with van der Waals surface area (Å²) in [5.41, 5.74) is 1.79. The quantitative estimate of drug-likeness (QED) is 0.701. The highest BCUT2D eigenvalue weighted by Gasteiger charge is 2.30. The number of carbonyl (C=O) groups excluding carboxylic acids is 1. The van der Waals surface area contributed by atoms with Crippen LogP contribution in [0.15, 0.2) is 53.4 Å². The summed E-state index contributed by atoms with van der Waals surface area (Å²) in [5, 5.41) is 0. The first-order valence-electron chi connectivity index (χ1n) is 8.93. The third-order valence-electron chi connectivity index (χ3n) is 4.67. The van der Waals surface area contributed by atoms with Crippen molar-refractivity contribution >= 4 is 21.6 Å². The molecule has 146 valence electrons. The average Bonchev–Trinajstić information content (AvgIpc) is 2.73. The van der Waals surface area contributed by atoms with Gasteiger partial charge >= 0.3 is 0 Å². The summed E-state index contributed by atoms with van der Waals surface area (Å²) >= 11 is 0. The number of nitrogens with zero attached hydrogens (tertiary/aromatic N) is 2. The number of methoxy groups -OCH3 is 1. The fraction of sp³-hybridized carbons (Fsp3) is 0.286. The summed E-state index contributed by atoms with van der Waals surface area (Å²) in [4.78, 5) is 14.7. The second kappa shape index (κ2) is 8.46. The van der Waals surface area contributed by atoms with Crippen LogP contribution in [0.1, 0.15) is 12.0 Å². The number of amides is 1. The highest BCUT2D eigenvalue weighted by Crippen LogP contribution is 2.30. The molecular formula is C21H22N2O4S. The molecule has 7 heteroatoms. The van der Waals surface area contributed by atoms with Crippen LogP contribution in [0.2, 0.25) is 0 Å². The van der Waals surface area contributed by atoms with Gasteiger partial charge in [0.05, 0.1) is 25.1 Å². The van der Waals surface area contributed by atoms with E-state index >= 15 is 0 Å². The van der Waals surface area contributed by atoms with Crippen LogP contribution >= 0.6 is 0 Å². The van der Waals surface area contributed by atoms with E-state index in [-0.39, 0.29) is 23.9 Å². The Bertz CT molecular complexity index is 997. The third kappa shape index (κ3) is 4.03. The summed E-state index contributed by atoms with van der Waals surface area (Å²) in [6, 6.07) is 13.5. The van der Waals surface area contributed by atoms with E-state index in [2.05, 4.69) is 5.92 Å². The zero-order valence-corrected chi connectivity index (χ0v) is 16.5. The van der Waals surface area contributed by atoms with E-state index in [1.807, 2.05) is 12.1 Å². The van der Waals surface area contributed by atoms with Crippen molar-refractivity contribution < 1.29 is 17.9 Å². The van der Waals surface area contributed by atoms with Crippen molar-refractivity contribution in [2.24, 2.45) is 0 Å². The molecule has 0 aliphatic carbocycles. The molecule has 2 aromatic rings. The highest BCUT2D eigenvalue weighted by atomic mass is 32.2. The second-order valence-corrected chi connectivity index (χ2v) is 8.37. The molecule has 6 nitrogen and oxygen atoms in total. The van der Waals surface area contributed by atoms with Crippen LogP contribution in [-0.4, -0.2) is 45.4 Å². The van der Waals surface area contributed by atoms with Crippen LogP contribution in [0.4, 0.5) is 5.69 Å². The number of benzene rings is 2. The highest BCUT2D eigenvalue weighted by molar-refractivity contribution is 7.89. The molecule has 0 saturated heterocycles. The number of sulfonamides is 1. The van der Waals surface area contributed by atoms with Crippen molar-refractivity contribution in [2.75, 3.05) is 31.6 Å². The number of aryl methyl sites for hydroxylation is 1. The van der Waals surface area contributed by atoms with Crippen LogP contribution in [0, 0.1) is 12.3 Å². The second-order valence-electron chi connectivity index (χ2n) is 6.43. The van der Waals surface area contributed by atoms with Gasteiger partial charge in [0.15, 0.2) is 0 Å². The summed E-state index contributed by atoms with van der Waals surface area (Å²) in [7, 11) is -2.26. The lowest BCUT2D eigenvalue weighted by Gasteiger charge is -2.31. The predicted molar refractivity (Wildman–Crippen MR) is 108 cm³/mol. The van der Waals surface area contributed by atoms with Gasteiger partial charge in [0.1, 0.15) is 5.75 Å². The van der Waals surface area contributed by atoms with Gasteiger partial charge in [-0.05, 0) is 48.7 Å². The van der Waals surface area contributed by atoms with E-state index in [0.717, 1.165) is 34.1 Å². The van der Waals surface area contributed by atoms with Gasteiger partial charge in [0.2, 0.25) is 15.9 Å². The van der Waals surface area contributed by atoms with Gasteiger partial charge in [-0.3, -0.25) is 4.79 Å². The molecule has 28 heavy (non-hydrogen) atoms. The minimum absolute atomic E-state index is 0.113. The van der Waals surface area contributed by atoms with Gasteiger partial charge in [-0.25, -0.2) is 8.42 Å². The van der Waals surface area contributed by atoms with Crippen LogP contribution in [0.25, 0.3) is 0 Å². The number of anilines is 1. The maximum absolute atomic E-state index is 13.0. The van der Waals surface area contributed by atoms with E-state index in [0.29, 0.717) is 6.54 Å². The number of ether oxygens (including phenoxy) is 1. The summed E-state index contributed by atoms with van der Waals surface area (Å²) < 4.78 is 32.1. The van der Waals surface area contributed by atoms with Gasteiger partial charge in [-0.15, -0.1) is 6.42 Å². The van der Waals surface area contributed by atoms with Gasteiger partial charge in [0.25, 0.3) is 0 Å².